The molecule has 0 aromatic carbocycles. The average Bonchev–Trinajstić information content (AvgIpc) is 3.65. The minimum atomic E-state index is -0.0399. The number of ether oxygens (including phenoxy) is 1. The van der Waals surface area contributed by atoms with Crippen LogP contribution in [-0.2, 0) is 23.2 Å². The minimum Gasteiger partial charge on any atom is -0.477 e. The lowest BCUT2D eigenvalue weighted by atomic mass is 10.1. The summed E-state index contributed by atoms with van der Waals surface area (Å²) in [6, 6.07) is 6.25. The molecule has 1 saturated heterocycles. The molecule has 3 aromatic heterocycles. The second kappa shape index (κ2) is 13.3. The number of nitrogens with zero attached hydrogens (tertiary/aromatic N) is 4. The van der Waals surface area contributed by atoms with Crippen molar-refractivity contribution in [3.05, 3.63) is 46.7 Å². The van der Waals surface area contributed by atoms with Crippen molar-refractivity contribution >= 4 is 24.0 Å². The Labute approximate surface area is 218 Å². The molecule has 3 aromatic rings. The maximum absolute atomic E-state index is 12.9. The minimum absolute atomic E-state index is 0.0399. The van der Waals surface area contributed by atoms with E-state index in [4.69, 9.17) is 18.7 Å². The van der Waals surface area contributed by atoms with Crippen molar-refractivity contribution in [1.82, 2.24) is 19.4 Å². The molecule has 0 radical (unpaired) electrons. The molecular formula is C28H38N4O5. The third kappa shape index (κ3) is 7.14. The summed E-state index contributed by atoms with van der Waals surface area (Å²) >= 11 is 0. The quantitative estimate of drug-likeness (QED) is 0.445. The lowest BCUT2D eigenvalue weighted by molar-refractivity contribution is -0.106. The lowest BCUT2D eigenvalue weighted by Crippen LogP contribution is -2.51. The molecule has 1 atom stereocenters. The monoisotopic (exact) mass is 510 g/mol. The van der Waals surface area contributed by atoms with Gasteiger partial charge in [0.2, 0.25) is 5.88 Å². The van der Waals surface area contributed by atoms with Gasteiger partial charge in [-0.15, -0.1) is 0 Å². The molecule has 200 valence electrons. The fraction of sp³-hybridized carbons (Fsp3) is 0.500. The van der Waals surface area contributed by atoms with Gasteiger partial charge >= 0.3 is 0 Å². The highest BCUT2D eigenvalue weighted by molar-refractivity contribution is 5.92. The first kappa shape index (κ1) is 28.3. The van der Waals surface area contributed by atoms with Crippen LogP contribution in [0.4, 0.5) is 0 Å². The van der Waals surface area contributed by atoms with Crippen LogP contribution in [0.25, 0.3) is 22.1 Å². The molecular weight excluding hydrogens is 472 g/mol. The standard InChI is InChI=1S/C25H32N4O3.C2H4O.CH2O/c1-4-28-9-10-29(17(2)13-28)14-20-12-21-24(32-20)22(15-27(3)25(21)30)19-7-8-26-23(11-19)31-16-18-5-6-18;1-2-3;1-2/h7-8,11-12,15,17-18H,4-6,9-10,13-14,16H2,1-3H3;2H,1H3;1H2/t17-;;/m1../s1. The smallest absolute Gasteiger partial charge is 0.261 e. The zero-order chi connectivity index (χ0) is 26.9. The summed E-state index contributed by atoms with van der Waals surface area (Å²) in [6.07, 6.45) is 6.83. The van der Waals surface area contributed by atoms with Crippen LogP contribution in [-0.4, -0.2) is 71.3 Å². The van der Waals surface area contributed by atoms with Crippen molar-refractivity contribution in [2.45, 2.75) is 46.2 Å². The van der Waals surface area contributed by atoms with Gasteiger partial charge in [0.25, 0.3) is 5.56 Å². The van der Waals surface area contributed by atoms with Crippen molar-refractivity contribution in [3.8, 4) is 17.0 Å². The molecule has 2 aliphatic rings. The van der Waals surface area contributed by atoms with E-state index >= 15 is 0 Å². The van der Waals surface area contributed by atoms with Crippen molar-refractivity contribution in [1.29, 1.82) is 0 Å². The number of pyridine rings is 2. The van der Waals surface area contributed by atoms with E-state index in [2.05, 4.69) is 28.6 Å². The summed E-state index contributed by atoms with van der Waals surface area (Å²) < 4.78 is 13.8. The number of piperazine rings is 1. The third-order valence-corrected chi connectivity index (χ3v) is 6.77. The Kier molecular flexibility index (Phi) is 10.2. The van der Waals surface area contributed by atoms with Gasteiger partial charge in [-0.2, -0.15) is 0 Å². The van der Waals surface area contributed by atoms with Gasteiger partial charge in [-0.3, -0.25) is 9.69 Å². The SMILES string of the molecule is C=O.CC=O.CCN1CCN(Cc2cc3c(=O)n(C)cc(-c4ccnc(OCC5CC5)c4)c3o2)[C@H](C)C1. The van der Waals surface area contributed by atoms with Gasteiger partial charge < -0.3 is 28.2 Å². The molecule has 9 heteroatoms. The largest absolute Gasteiger partial charge is 0.477 e. The van der Waals surface area contributed by atoms with Crippen LogP contribution in [0, 0.1) is 5.92 Å². The molecule has 0 amide bonds. The van der Waals surface area contributed by atoms with Gasteiger partial charge in [-0.25, -0.2) is 4.98 Å². The predicted molar refractivity (Wildman–Crippen MR) is 144 cm³/mol. The van der Waals surface area contributed by atoms with E-state index in [0.29, 0.717) is 42.0 Å². The van der Waals surface area contributed by atoms with E-state index in [0.717, 1.165) is 49.4 Å². The van der Waals surface area contributed by atoms with E-state index in [1.165, 1.54) is 19.8 Å². The van der Waals surface area contributed by atoms with E-state index in [1.807, 2.05) is 31.2 Å². The number of likely N-dealkylation sites (N-methyl/N-ethyl adjacent to an activating group) is 1. The number of aldehydes is 1. The Balaban J connectivity index is 0.000000711. The third-order valence-electron chi connectivity index (χ3n) is 6.77. The fourth-order valence-corrected chi connectivity index (χ4v) is 4.52. The highest BCUT2D eigenvalue weighted by Crippen LogP contribution is 2.32. The van der Waals surface area contributed by atoms with Crippen LogP contribution in [0.5, 0.6) is 5.88 Å². The molecule has 2 fully saturated rings. The number of carbonyl (C=O) groups excluding carboxylic acids is 2. The topological polar surface area (TPSA) is 97.9 Å². The van der Waals surface area contributed by atoms with E-state index in [1.54, 1.807) is 17.8 Å². The summed E-state index contributed by atoms with van der Waals surface area (Å²) in [4.78, 5) is 38.9. The Morgan fingerprint density at radius 3 is 2.62 bits per heavy atom. The van der Waals surface area contributed by atoms with E-state index < -0.39 is 0 Å². The Morgan fingerprint density at radius 2 is 1.97 bits per heavy atom. The number of hydrogen-bond acceptors (Lipinski definition) is 8. The van der Waals surface area contributed by atoms with Gasteiger partial charge in [-0.1, -0.05) is 6.92 Å². The Morgan fingerprint density at radius 1 is 1.24 bits per heavy atom. The second-order valence-electron chi connectivity index (χ2n) is 9.50. The van der Waals surface area contributed by atoms with Crippen LogP contribution >= 0.6 is 0 Å². The van der Waals surface area contributed by atoms with Crippen LogP contribution in [0.3, 0.4) is 0 Å². The molecule has 1 saturated carbocycles. The first-order chi connectivity index (χ1) is 17.9. The van der Waals surface area contributed by atoms with E-state index in [-0.39, 0.29) is 5.56 Å². The molecule has 37 heavy (non-hydrogen) atoms. The highest BCUT2D eigenvalue weighted by Gasteiger charge is 2.25. The van der Waals surface area contributed by atoms with Crippen molar-refractivity contribution in [2.75, 3.05) is 32.8 Å². The van der Waals surface area contributed by atoms with E-state index in [9.17, 15) is 4.79 Å². The lowest BCUT2D eigenvalue weighted by Gasteiger charge is -2.39. The Bertz CT molecular complexity index is 1230. The predicted octanol–water partition coefficient (Wildman–Crippen LogP) is 3.53. The molecule has 0 N–H and O–H groups in total. The van der Waals surface area contributed by atoms with Crippen molar-refractivity contribution < 1.29 is 18.7 Å². The molecule has 1 aliphatic heterocycles. The normalized spacial score (nSPS) is 17.9. The maximum Gasteiger partial charge on any atom is 0.261 e. The zero-order valence-corrected chi connectivity index (χ0v) is 22.3. The van der Waals surface area contributed by atoms with Gasteiger partial charge in [0.05, 0.1) is 18.5 Å². The number of hydrogen-bond donors (Lipinski definition) is 0. The van der Waals surface area contributed by atoms with Crippen LogP contribution in [0.1, 0.15) is 39.4 Å². The number of aryl methyl sites for hydroxylation is 1. The number of fused-ring (bicyclic) bond motifs is 1. The van der Waals surface area contributed by atoms with Crippen molar-refractivity contribution in [2.24, 2.45) is 13.0 Å². The number of rotatable bonds is 7. The van der Waals surface area contributed by atoms with Crippen LogP contribution in [0.2, 0.25) is 0 Å². The summed E-state index contributed by atoms with van der Waals surface area (Å²) in [5.41, 5.74) is 2.43. The molecule has 1 aliphatic carbocycles. The molecule has 9 nitrogen and oxygen atoms in total. The van der Waals surface area contributed by atoms with Gasteiger partial charge in [-0.05, 0) is 56.8 Å². The summed E-state index contributed by atoms with van der Waals surface area (Å²) in [7, 11) is 1.79. The van der Waals surface area contributed by atoms with Gasteiger partial charge in [0.1, 0.15) is 24.4 Å². The van der Waals surface area contributed by atoms with Gasteiger partial charge in [0, 0.05) is 56.7 Å². The van der Waals surface area contributed by atoms with Gasteiger partial charge in [0.15, 0.2) is 0 Å². The second-order valence-corrected chi connectivity index (χ2v) is 9.50. The summed E-state index contributed by atoms with van der Waals surface area (Å²) in [6.45, 7) is 13.5. The van der Waals surface area contributed by atoms with Crippen LogP contribution < -0.4 is 10.3 Å². The Hall–Kier alpha value is -3.30. The first-order valence-corrected chi connectivity index (χ1v) is 12.8. The zero-order valence-electron chi connectivity index (χ0n) is 22.3. The molecule has 0 unspecified atom stereocenters. The van der Waals surface area contributed by atoms with Crippen molar-refractivity contribution in [3.63, 3.8) is 0 Å². The fourth-order valence-electron chi connectivity index (χ4n) is 4.52. The average molecular weight is 511 g/mol. The number of furan rings is 1. The highest BCUT2D eigenvalue weighted by atomic mass is 16.5. The summed E-state index contributed by atoms with van der Waals surface area (Å²) in [5, 5.41) is 0.622. The maximum atomic E-state index is 12.9. The molecule has 5 rings (SSSR count). The molecule has 0 spiro atoms. The molecule has 0 bridgehead atoms. The number of aromatic nitrogens is 2. The first-order valence-electron chi connectivity index (χ1n) is 12.8. The summed E-state index contributed by atoms with van der Waals surface area (Å²) in [5.74, 6) is 2.12. The number of carbonyl (C=O) groups is 2. The van der Waals surface area contributed by atoms with Crippen LogP contribution in [0.15, 0.2) is 39.8 Å². The molecule has 4 heterocycles.